The number of fused-ring (bicyclic) bond motifs is 1. The van der Waals surface area contributed by atoms with Crippen molar-refractivity contribution in [3.05, 3.63) is 47.3 Å². The van der Waals surface area contributed by atoms with Crippen molar-refractivity contribution in [1.29, 1.82) is 0 Å². The van der Waals surface area contributed by atoms with Gasteiger partial charge in [0.15, 0.2) is 0 Å². The maximum Gasteiger partial charge on any atom is 0.278 e. The third-order valence-corrected chi connectivity index (χ3v) is 4.70. The minimum atomic E-state index is -0.895. The predicted molar refractivity (Wildman–Crippen MR) is 91.2 cm³/mol. The highest BCUT2D eigenvalue weighted by Crippen LogP contribution is 2.35. The van der Waals surface area contributed by atoms with Gasteiger partial charge in [0, 0.05) is 18.8 Å². The molecule has 0 radical (unpaired) electrons. The molecule has 2 unspecified atom stereocenters. The molecule has 1 fully saturated rings. The Morgan fingerprint density at radius 1 is 1.16 bits per heavy atom. The highest BCUT2D eigenvalue weighted by molar-refractivity contribution is 6.32. The van der Waals surface area contributed by atoms with Crippen LogP contribution in [0.5, 0.6) is 0 Å². The van der Waals surface area contributed by atoms with Gasteiger partial charge in [-0.05, 0) is 31.0 Å². The lowest BCUT2D eigenvalue weighted by Crippen LogP contribution is -2.33. The van der Waals surface area contributed by atoms with E-state index in [9.17, 15) is 9.59 Å². The Balaban J connectivity index is 1.69. The number of aromatic nitrogens is 2. The largest absolute Gasteiger partial charge is 0.381 e. The summed E-state index contributed by atoms with van der Waals surface area (Å²) < 4.78 is 1.66. The van der Waals surface area contributed by atoms with Crippen molar-refractivity contribution < 1.29 is 14.4 Å². The van der Waals surface area contributed by atoms with E-state index in [4.69, 9.17) is 4.84 Å². The average molecular weight is 338 g/mol. The molecule has 25 heavy (non-hydrogen) atoms. The van der Waals surface area contributed by atoms with Crippen LogP contribution in [0.1, 0.15) is 23.7 Å². The average Bonchev–Trinajstić information content (AvgIpc) is 3.24. The van der Waals surface area contributed by atoms with E-state index in [2.05, 4.69) is 17.2 Å². The van der Waals surface area contributed by atoms with Crippen LogP contribution in [-0.4, -0.2) is 33.4 Å². The van der Waals surface area contributed by atoms with Crippen LogP contribution >= 0.6 is 0 Å². The maximum atomic E-state index is 13.0. The monoisotopic (exact) mass is 338 g/mol. The number of anilines is 1. The fourth-order valence-corrected chi connectivity index (χ4v) is 3.39. The number of carbonyl (C=O) groups is 2. The van der Waals surface area contributed by atoms with Gasteiger partial charge in [0.05, 0.1) is 11.4 Å². The van der Waals surface area contributed by atoms with E-state index in [0.29, 0.717) is 11.4 Å². The number of hydrogen-bond donors (Lipinski definition) is 0. The third kappa shape index (κ3) is 2.26. The van der Waals surface area contributed by atoms with E-state index in [0.717, 1.165) is 23.2 Å². The number of amides is 2. The highest BCUT2D eigenvalue weighted by atomic mass is 16.6. The number of benzene rings is 1. The molecule has 0 N–H and O–H groups in total. The zero-order valence-electron chi connectivity index (χ0n) is 14.3. The summed E-state index contributed by atoms with van der Waals surface area (Å²) in [4.78, 5) is 32.2. The number of carbonyl (C=O) groups excluding carboxylic acids is 2. The Morgan fingerprint density at radius 3 is 2.48 bits per heavy atom. The van der Waals surface area contributed by atoms with E-state index < -0.39 is 12.0 Å². The highest BCUT2D eigenvalue weighted by Gasteiger charge is 2.56. The summed E-state index contributed by atoms with van der Waals surface area (Å²) in [6.07, 6.45) is 1.79. The van der Waals surface area contributed by atoms with Gasteiger partial charge in [-0.25, -0.2) is 4.90 Å². The molecule has 2 amide bonds. The van der Waals surface area contributed by atoms with Crippen LogP contribution in [0.3, 0.4) is 0 Å². The maximum absolute atomic E-state index is 13.0. The molecule has 1 saturated heterocycles. The molecule has 7 heteroatoms. The number of rotatable bonds is 3. The summed E-state index contributed by atoms with van der Waals surface area (Å²) in [5, 5.41) is 8.30. The Morgan fingerprint density at radius 2 is 1.88 bits per heavy atom. The molecule has 0 bridgehead atoms. The van der Waals surface area contributed by atoms with Gasteiger partial charge in [-0.2, -0.15) is 5.10 Å². The standard InChI is InChI=1S/C18H18N4O3/c1-4-11-5-7-12(8-6-11)22-17(23)14-15(20-25-16(14)18(22)24)13-9-21(3)19-10(13)2/h5-9,14,16H,4H2,1-3H3. The predicted octanol–water partition coefficient (Wildman–Crippen LogP) is 1.58. The SMILES string of the molecule is CCc1ccc(N2C(=O)C3ON=C(c4cn(C)nc4C)C3C2=O)cc1. The van der Waals surface area contributed by atoms with Crippen LogP contribution in [-0.2, 0) is 27.9 Å². The van der Waals surface area contributed by atoms with Crippen molar-refractivity contribution >= 4 is 23.2 Å². The number of imide groups is 1. The smallest absolute Gasteiger partial charge is 0.278 e. The number of hydrogen-bond acceptors (Lipinski definition) is 5. The van der Waals surface area contributed by atoms with Crippen molar-refractivity contribution in [2.45, 2.75) is 26.4 Å². The minimum absolute atomic E-state index is 0.307. The van der Waals surface area contributed by atoms with Crippen molar-refractivity contribution in [2.75, 3.05) is 4.90 Å². The first-order chi connectivity index (χ1) is 12.0. The second-order valence-corrected chi connectivity index (χ2v) is 6.31. The van der Waals surface area contributed by atoms with Crippen LogP contribution in [0.4, 0.5) is 5.69 Å². The quantitative estimate of drug-likeness (QED) is 0.796. The molecular formula is C18H18N4O3. The van der Waals surface area contributed by atoms with Gasteiger partial charge in [0.25, 0.3) is 5.91 Å². The third-order valence-electron chi connectivity index (χ3n) is 4.70. The number of oxime groups is 1. The lowest BCUT2D eigenvalue weighted by atomic mass is 9.94. The minimum Gasteiger partial charge on any atom is -0.381 e. The Hall–Kier alpha value is -2.96. The van der Waals surface area contributed by atoms with Gasteiger partial charge < -0.3 is 4.84 Å². The van der Waals surface area contributed by atoms with Gasteiger partial charge in [-0.1, -0.05) is 24.2 Å². The van der Waals surface area contributed by atoms with E-state index in [1.54, 1.807) is 30.1 Å². The Kier molecular flexibility index (Phi) is 3.45. The van der Waals surface area contributed by atoms with Crippen LogP contribution in [0.25, 0.3) is 0 Å². The fraction of sp³-hybridized carbons (Fsp3) is 0.333. The van der Waals surface area contributed by atoms with Gasteiger partial charge >= 0.3 is 0 Å². The molecule has 1 aromatic carbocycles. The molecule has 2 aliphatic heterocycles. The topological polar surface area (TPSA) is 76.8 Å². The van der Waals surface area contributed by atoms with E-state index >= 15 is 0 Å². The molecular weight excluding hydrogens is 320 g/mol. The molecule has 2 aliphatic rings. The normalized spacial score (nSPS) is 22.2. The van der Waals surface area contributed by atoms with E-state index in [1.165, 1.54) is 4.90 Å². The lowest BCUT2D eigenvalue weighted by Gasteiger charge is -2.15. The van der Waals surface area contributed by atoms with E-state index in [1.807, 2.05) is 19.1 Å². The van der Waals surface area contributed by atoms with Crippen LogP contribution in [0.15, 0.2) is 35.6 Å². The molecule has 1 aromatic heterocycles. The van der Waals surface area contributed by atoms with Crippen LogP contribution in [0, 0.1) is 12.8 Å². The summed E-state index contributed by atoms with van der Waals surface area (Å²) in [6, 6.07) is 7.43. The Labute approximate surface area is 144 Å². The first-order valence-corrected chi connectivity index (χ1v) is 8.22. The summed E-state index contributed by atoms with van der Waals surface area (Å²) >= 11 is 0. The number of aryl methyl sites for hydroxylation is 3. The molecule has 3 heterocycles. The van der Waals surface area contributed by atoms with Gasteiger partial charge in [0.2, 0.25) is 12.0 Å². The van der Waals surface area contributed by atoms with Crippen molar-refractivity contribution in [3.8, 4) is 0 Å². The van der Waals surface area contributed by atoms with Gasteiger partial charge in [-0.3, -0.25) is 14.3 Å². The zero-order chi connectivity index (χ0) is 17.7. The number of nitrogens with zero attached hydrogens (tertiary/aromatic N) is 4. The van der Waals surface area contributed by atoms with Gasteiger partial charge in [-0.15, -0.1) is 0 Å². The second-order valence-electron chi connectivity index (χ2n) is 6.31. The summed E-state index contributed by atoms with van der Waals surface area (Å²) in [5.41, 5.74) is 3.66. The Bertz CT molecular complexity index is 898. The second kappa shape index (κ2) is 5.54. The molecule has 0 saturated carbocycles. The fourth-order valence-electron chi connectivity index (χ4n) is 3.39. The zero-order valence-corrected chi connectivity index (χ0v) is 14.3. The van der Waals surface area contributed by atoms with Crippen molar-refractivity contribution in [3.63, 3.8) is 0 Å². The first kappa shape index (κ1) is 15.6. The molecule has 7 nitrogen and oxygen atoms in total. The summed E-state index contributed by atoms with van der Waals surface area (Å²) in [6.45, 7) is 3.89. The molecule has 0 aliphatic carbocycles. The summed E-state index contributed by atoms with van der Waals surface area (Å²) in [7, 11) is 1.80. The molecule has 128 valence electrons. The molecule has 2 atom stereocenters. The van der Waals surface area contributed by atoms with E-state index in [-0.39, 0.29) is 11.8 Å². The molecule has 4 rings (SSSR count). The van der Waals surface area contributed by atoms with Gasteiger partial charge in [0.1, 0.15) is 11.6 Å². The van der Waals surface area contributed by atoms with Crippen molar-refractivity contribution in [1.82, 2.24) is 9.78 Å². The first-order valence-electron chi connectivity index (χ1n) is 8.22. The molecule has 0 spiro atoms. The van der Waals surface area contributed by atoms with Crippen LogP contribution in [0.2, 0.25) is 0 Å². The molecule has 2 aromatic rings. The van der Waals surface area contributed by atoms with Crippen molar-refractivity contribution in [2.24, 2.45) is 18.1 Å². The lowest BCUT2D eigenvalue weighted by molar-refractivity contribution is -0.126. The van der Waals surface area contributed by atoms with Crippen LogP contribution < -0.4 is 4.90 Å². The summed E-state index contributed by atoms with van der Waals surface area (Å²) in [5.74, 6) is -1.40.